The van der Waals surface area contributed by atoms with E-state index in [4.69, 9.17) is 14.2 Å². The third-order valence-corrected chi connectivity index (χ3v) is 8.55. The molecule has 2 aromatic heterocycles. The van der Waals surface area contributed by atoms with Crippen molar-refractivity contribution in [2.24, 2.45) is 0 Å². The average Bonchev–Trinajstić information content (AvgIpc) is 3.60. The summed E-state index contributed by atoms with van der Waals surface area (Å²) in [5.41, 5.74) is 0.975. The van der Waals surface area contributed by atoms with Crippen molar-refractivity contribution >= 4 is 44.6 Å². The summed E-state index contributed by atoms with van der Waals surface area (Å²) < 4.78 is 46.2. The van der Waals surface area contributed by atoms with Gasteiger partial charge in [0, 0.05) is 25.8 Å². The number of carbonyl (C=O) groups is 2. The summed E-state index contributed by atoms with van der Waals surface area (Å²) in [7, 11) is -2.24. The van der Waals surface area contributed by atoms with Gasteiger partial charge in [-0.05, 0) is 45.0 Å². The Morgan fingerprint density at radius 2 is 1.83 bits per heavy atom. The van der Waals surface area contributed by atoms with E-state index < -0.39 is 46.4 Å². The fourth-order valence-corrected chi connectivity index (χ4v) is 6.00. The van der Waals surface area contributed by atoms with Crippen molar-refractivity contribution in [2.45, 2.75) is 56.0 Å². The summed E-state index contributed by atoms with van der Waals surface area (Å²) in [5, 5.41) is 8.05. The number of ether oxygens (including phenoxy) is 3. The van der Waals surface area contributed by atoms with Crippen LogP contribution in [-0.4, -0.2) is 88.4 Å². The second kappa shape index (κ2) is 11.4. The first-order valence-electron chi connectivity index (χ1n) is 13.2. The van der Waals surface area contributed by atoms with Gasteiger partial charge in [0.2, 0.25) is 10.0 Å². The van der Waals surface area contributed by atoms with E-state index in [1.165, 1.54) is 50.0 Å². The summed E-state index contributed by atoms with van der Waals surface area (Å²) in [5.74, 6) is -1.12. The Hall–Kier alpha value is -3.96. The van der Waals surface area contributed by atoms with E-state index in [0.717, 1.165) is 4.31 Å². The number of imidazole rings is 1. The predicted octanol–water partition coefficient (Wildman–Crippen LogP) is 1.83. The zero-order chi connectivity index (χ0) is 30.2. The highest BCUT2D eigenvalue weighted by molar-refractivity contribution is 7.89. The van der Waals surface area contributed by atoms with Crippen LogP contribution in [0.1, 0.15) is 27.0 Å². The molecule has 3 aromatic rings. The van der Waals surface area contributed by atoms with Crippen LogP contribution >= 0.6 is 0 Å². The molecule has 42 heavy (non-hydrogen) atoms. The van der Waals surface area contributed by atoms with Crippen molar-refractivity contribution in [2.75, 3.05) is 30.8 Å². The molecule has 2 fully saturated rings. The van der Waals surface area contributed by atoms with Gasteiger partial charge in [-0.3, -0.25) is 14.7 Å². The van der Waals surface area contributed by atoms with E-state index >= 15 is 0 Å². The molecular formula is C26H32N8O7S. The summed E-state index contributed by atoms with van der Waals surface area (Å²) in [6.45, 7) is 9.49. The number of urea groups is 1. The number of anilines is 2. The Morgan fingerprint density at radius 3 is 2.52 bits per heavy atom. The molecule has 3 amide bonds. The number of likely N-dealkylation sites (N-methyl/N-ethyl adjacent to an activating group) is 2. The average molecular weight is 601 g/mol. The number of hydrogen-bond acceptors (Lipinski definition) is 10. The Morgan fingerprint density at radius 1 is 1.12 bits per heavy atom. The lowest BCUT2D eigenvalue weighted by Crippen LogP contribution is -2.42. The second-order valence-corrected chi connectivity index (χ2v) is 12.2. The minimum Gasteiger partial charge on any atom is -0.354 e. The number of hydrogen-bond donors (Lipinski definition) is 3. The van der Waals surface area contributed by atoms with Gasteiger partial charge in [0.25, 0.3) is 5.91 Å². The van der Waals surface area contributed by atoms with Gasteiger partial charge < -0.3 is 24.8 Å². The first kappa shape index (κ1) is 29.5. The van der Waals surface area contributed by atoms with Crippen LogP contribution in [0.2, 0.25) is 0 Å². The SMILES string of the molecule is C=CCN(C)S(=O)(=O)c1ccc(NC(=O)Nc2ncnc3c2ncn3[C@@H]2O[C@H](C(=O)NCC)[C@H]3OC(C)(C)O[C@H]32)cc1. The lowest BCUT2D eigenvalue weighted by Gasteiger charge is -2.24. The van der Waals surface area contributed by atoms with Crippen molar-refractivity contribution in [1.82, 2.24) is 29.1 Å². The molecule has 0 spiro atoms. The molecule has 16 heteroatoms. The van der Waals surface area contributed by atoms with E-state index in [2.05, 4.69) is 37.5 Å². The molecule has 4 heterocycles. The number of aromatic nitrogens is 4. The maximum atomic E-state index is 12.8. The van der Waals surface area contributed by atoms with Crippen LogP contribution < -0.4 is 16.0 Å². The molecule has 15 nitrogen and oxygen atoms in total. The van der Waals surface area contributed by atoms with Gasteiger partial charge in [0.15, 0.2) is 35.1 Å². The quantitative estimate of drug-likeness (QED) is 0.307. The Balaban J connectivity index is 1.33. The van der Waals surface area contributed by atoms with Gasteiger partial charge in [-0.2, -0.15) is 4.31 Å². The van der Waals surface area contributed by atoms with E-state index in [0.29, 0.717) is 17.9 Å². The maximum Gasteiger partial charge on any atom is 0.324 e. The van der Waals surface area contributed by atoms with Crippen LogP contribution in [0.3, 0.4) is 0 Å². The molecule has 2 saturated heterocycles. The molecule has 0 radical (unpaired) electrons. The predicted molar refractivity (Wildman–Crippen MR) is 151 cm³/mol. The summed E-state index contributed by atoms with van der Waals surface area (Å²) in [6, 6.07) is 5.11. The number of sulfonamides is 1. The molecule has 1 aromatic carbocycles. The zero-order valence-electron chi connectivity index (χ0n) is 23.5. The van der Waals surface area contributed by atoms with Gasteiger partial charge in [-0.15, -0.1) is 6.58 Å². The first-order valence-corrected chi connectivity index (χ1v) is 14.6. The summed E-state index contributed by atoms with van der Waals surface area (Å²) in [6.07, 6.45) is 1.26. The molecule has 0 aliphatic carbocycles. The van der Waals surface area contributed by atoms with E-state index in [-0.39, 0.29) is 28.7 Å². The number of rotatable bonds is 9. The third kappa shape index (κ3) is 5.58. The molecule has 0 unspecified atom stereocenters. The number of nitrogens with zero attached hydrogens (tertiary/aromatic N) is 5. The van der Waals surface area contributed by atoms with Gasteiger partial charge in [-0.25, -0.2) is 28.2 Å². The number of fused-ring (bicyclic) bond motifs is 2. The highest BCUT2D eigenvalue weighted by Gasteiger charge is 2.58. The number of benzene rings is 1. The highest BCUT2D eigenvalue weighted by atomic mass is 32.2. The second-order valence-electron chi connectivity index (χ2n) is 10.1. The summed E-state index contributed by atoms with van der Waals surface area (Å²) >= 11 is 0. The largest absolute Gasteiger partial charge is 0.354 e. The zero-order valence-corrected chi connectivity index (χ0v) is 24.3. The van der Waals surface area contributed by atoms with Crippen molar-refractivity contribution in [3.63, 3.8) is 0 Å². The Kier molecular flexibility index (Phi) is 8.00. The molecule has 0 bridgehead atoms. The van der Waals surface area contributed by atoms with E-state index in [9.17, 15) is 18.0 Å². The molecule has 4 atom stereocenters. The molecule has 2 aliphatic heterocycles. The number of amides is 3. The monoisotopic (exact) mass is 600 g/mol. The molecular weight excluding hydrogens is 568 g/mol. The van der Waals surface area contributed by atoms with Crippen LogP contribution in [0.25, 0.3) is 11.2 Å². The fourth-order valence-electron chi connectivity index (χ4n) is 4.86. The molecule has 224 valence electrons. The minimum absolute atomic E-state index is 0.0756. The number of nitrogens with one attached hydrogen (secondary N) is 3. The van der Waals surface area contributed by atoms with Crippen LogP contribution in [0, 0.1) is 0 Å². The minimum atomic E-state index is -3.69. The van der Waals surface area contributed by atoms with Crippen LogP contribution in [0.5, 0.6) is 0 Å². The van der Waals surface area contributed by atoms with Gasteiger partial charge in [0.05, 0.1) is 11.2 Å². The normalized spacial score (nSPS) is 23.1. The van der Waals surface area contributed by atoms with Crippen molar-refractivity contribution in [3.05, 3.63) is 49.6 Å². The lowest BCUT2D eigenvalue weighted by atomic mass is 10.1. The summed E-state index contributed by atoms with van der Waals surface area (Å²) in [4.78, 5) is 38.5. The van der Waals surface area contributed by atoms with Crippen molar-refractivity contribution in [3.8, 4) is 0 Å². The maximum absolute atomic E-state index is 12.8. The standard InChI is InChI=1S/C26H32N8O7S/c1-6-12-33(5)42(37,38)16-10-8-15(9-11-16)31-25(36)32-21-17-22(29-13-28-21)34(14-30-17)24-20-18(40-26(3,4)41-20)19(39-24)23(35)27-7-2/h6,8-11,13-14,18-20,24H,1,7,12H2,2-5H3,(H,27,35)(H2,28,29,31,32,36)/t18-,19+,20-,24-/m1/s1. The molecule has 0 saturated carbocycles. The van der Waals surface area contributed by atoms with Crippen LogP contribution in [-0.2, 0) is 29.0 Å². The Labute approximate surface area is 242 Å². The Bertz CT molecular complexity index is 1610. The van der Waals surface area contributed by atoms with Crippen LogP contribution in [0.15, 0.2) is 54.5 Å². The smallest absolute Gasteiger partial charge is 0.324 e. The van der Waals surface area contributed by atoms with Crippen molar-refractivity contribution in [1.29, 1.82) is 0 Å². The van der Waals surface area contributed by atoms with Gasteiger partial charge in [0.1, 0.15) is 18.5 Å². The topological polar surface area (TPSA) is 179 Å². The van der Waals surface area contributed by atoms with Crippen LogP contribution in [0.4, 0.5) is 16.3 Å². The fraction of sp³-hybridized carbons (Fsp3) is 0.423. The molecule has 3 N–H and O–H groups in total. The highest BCUT2D eigenvalue weighted by Crippen LogP contribution is 2.44. The first-order chi connectivity index (χ1) is 19.9. The molecule has 5 rings (SSSR count). The molecule has 2 aliphatic rings. The van der Waals surface area contributed by atoms with E-state index in [1.807, 2.05) is 6.92 Å². The third-order valence-electron chi connectivity index (χ3n) is 6.71. The van der Waals surface area contributed by atoms with E-state index in [1.54, 1.807) is 18.4 Å². The van der Waals surface area contributed by atoms with Crippen molar-refractivity contribution < 1.29 is 32.2 Å². The van der Waals surface area contributed by atoms with Gasteiger partial charge >= 0.3 is 6.03 Å². The lowest BCUT2D eigenvalue weighted by molar-refractivity contribution is -0.197. The number of carbonyl (C=O) groups excluding carboxylic acids is 2. The van der Waals surface area contributed by atoms with Gasteiger partial charge in [-0.1, -0.05) is 6.08 Å².